The Bertz CT molecular complexity index is 813. The van der Waals surface area contributed by atoms with Crippen molar-refractivity contribution >= 4 is 11.0 Å². The molecule has 0 fully saturated rings. The lowest BCUT2D eigenvalue weighted by molar-refractivity contribution is 0.562. The Morgan fingerprint density at radius 2 is 1.35 bits per heavy atom. The number of fused-ring (bicyclic) bond motifs is 1. The molecule has 0 bridgehead atoms. The molecule has 0 saturated heterocycles. The molecule has 2 aromatic carbocycles. The van der Waals surface area contributed by atoms with Crippen molar-refractivity contribution in [1.29, 1.82) is 0 Å². The van der Waals surface area contributed by atoms with Crippen LogP contribution in [-0.2, 0) is 0 Å². The summed E-state index contributed by atoms with van der Waals surface area (Å²) < 4.78 is 5.43. The first-order valence-corrected chi connectivity index (χ1v) is 8.27. The van der Waals surface area contributed by atoms with Gasteiger partial charge in [-0.1, -0.05) is 70.2 Å². The van der Waals surface area contributed by atoms with Gasteiger partial charge in [-0.15, -0.1) is 0 Å². The molecule has 3 aromatic rings. The first-order chi connectivity index (χ1) is 11.2. The average molecular weight is 310 g/mol. The van der Waals surface area contributed by atoms with E-state index in [1.807, 2.05) is 90.1 Å². The van der Waals surface area contributed by atoms with Gasteiger partial charge in [0.25, 0.3) is 0 Å². The largest absolute Gasteiger partial charge is 0.422 e. The van der Waals surface area contributed by atoms with Crippen molar-refractivity contribution in [3.05, 3.63) is 70.1 Å². The molecule has 0 atom stereocenters. The van der Waals surface area contributed by atoms with Crippen molar-refractivity contribution in [2.45, 2.75) is 41.5 Å². The van der Waals surface area contributed by atoms with Crippen LogP contribution in [0.15, 0.2) is 57.7 Å². The Hall–Kier alpha value is -2.35. The minimum atomic E-state index is -0.273. The molecule has 0 spiro atoms. The molecule has 0 aliphatic carbocycles. The summed E-state index contributed by atoms with van der Waals surface area (Å²) in [6, 6.07) is 15.5. The molecule has 0 N–H and O–H groups in total. The summed E-state index contributed by atoms with van der Waals surface area (Å²) in [4.78, 5) is 12.2. The highest BCUT2D eigenvalue weighted by molar-refractivity contribution is 5.87. The fraction of sp³-hybridized carbons (Fsp3) is 0.286. The van der Waals surface area contributed by atoms with Crippen LogP contribution in [0.25, 0.3) is 22.1 Å². The maximum atomic E-state index is 12.2. The molecule has 2 nitrogen and oxygen atoms in total. The van der Waals surface area contributed by atoms with Crippen LogP contribution in [0.4, 0.5) is 0 Å². The molecule has 3 rings (SSSR count). The van der Waals surface area contributed by atoms with Crippen LogP contribution in [0.2, 0.25) is 0 Å². The summed E-state index contributed by atoms with van der Waals surface area (Å²) in [7, 11) is 0. The quantitative estimate of drug-likeness (QED) is 0.506. The summed E-state index contributed by atoms with van der Waals surface area (Å²) in [5, 5.41) is 0.986. The molecule has 0 aliphatic heterocycles. The van der Waals surface area contributed by atoms with Gasteiger partial charge in [0.15, 0.2) is 0 Å². The molecule has 23 heavy (non-hydrogen) atoms. The predicted octanol–water partition coefficient (Wildman–Crippen LogP) is 6.13. The molecule has 0 saturated carbocycles. The fourth-order valence-electron chi connectivity index (χ4n) is 2.47. The van der Waals surface area contributed by atoms with Crippen molar-refractivity contribution in [2.24, 2.45) is 0 Å². The molecule has 0 amide bonds. The van der Waals surface area contributed by atoms with Gasteiger partial charge in [-0.05, 0) is 36.6 Å². The van der Waals surface area contributed by atoms with Crippen LogP contribution in [-0.4, -0.2) is 0 Å². The number of aryl methyl sites for hydroxylation is 2. The Labute approximate surface area is 138 Å². The smallest absolute Gasteiger partial charge is 0.344 e. The monoisotopic (exact) mass is 310 g/mol. The van der Waals surface area contributed by atoms with Gasteiger partial charge in [-0.2, -0.15) is 0 Å². The summed E-state index contributed by atoms with van der Waals surface area (Å²) in [5.41, 5.74) is 4.03. The number of hydrogen-bond acceptors (Lipinski definition) is 2. The average Bonchev–Trinajstić information content (AvgIpc) is 2.60. The van der Waals surface area contributed by atoms with Gasteiger partial charge in [0.2, 0.25) is 0 Å². The zero-order valence-electron chi connectivity index (χ0n) is 14.9. The minimum Gasteiger partial charge on any atom is -0.422 e. The lowest BCUT2D eigenvalue weighted by Crippen LogP contribution is -2.06. The summed E-state index contributed by atoms with van der Waals surface area (Å²) in [5.74, 6) is 0. The van der Waals surface area contributed by atoms with E-state index in [0.717, 1.165) is 22.1 Å². The highest BCUT2D eigenvalue weighted by Crippen LogP contribution is 2.28. The highest BCUT2D eigenvalue weighted by atomic mass is 16.4. The zero-order valence-corrected chi connectivity index (χ0v) is 14.9. The molecular formula is C21H26O2. The van der Waals surface area contributed by atoms with Gasteiger partial charge in [0, 0.05) is 5.39 Å². The summed E-state index contributed by atoms with van der Waals surface area (Å²) >= 11 is 0. The van der Waals surface area contributed by atoms with Crippen LogP contribution in [0.5, 0.6) is 0 Å². The topological polar surface area (TPSA) is 30.2 Å². The van der Waals surface area contributed by atoms with Crippen molar-refractivity contribution in [3.8, 4) is 11.1 Å². The molecule has 1 heterocycles. The standard InChI is InChI=1S/C17H14O2.2C2H6/c1-11-7-3-4-8-13(11)16-12(2)14-9-5-6-10-15(14)19-17(16)18;2*1-2/h3-10H,1-2H3;2*1-2H3. The lowest BCUT2D eigenvalue weighted by Gasteiger charge is -2.09. The van der Waals surface area contributed by atoms with Crippen LogP contribution >= 0.6 is 0 Å². The third kappa shape index (κ3) is 3.89. The Morgan fingerprint density at radius 3 is 2.00 bits per heavy atom. The minimum absolute atomic E-state index is 0.273. The van der Waals surface area contributed by atoms with Gasteiger partial charge in [0.05, 0.1) is 5.56 Å². The molecule has 0 radical (unpaired) electrons. The van der Waals surface area contributed by atoms with Gasteiger partial charge in [0.1, 0.15) is 5.58 Å². The lowest BCUT2D eigenvalue weighted by atomic mass is 9.96. The van der Waals surface area contributed by atoms with E-state index >= 15 is 0 Å². The number of para-hydroxylation sites is 1. The molecular weight excluding hydrogens is 284 g/mol. The van der Waals surface area contributed by atoms with Crippen LogP contribution in [0.1, 0.15) is 38.8 Å². The normalized spacial score (nSPS) is 9.48. The third-order valence-corrected chi connectivity index (χ3v) is 3.49. The van der Waals surface area contributed by atoms with Crippen LogP contribution < -0.4 is 5.63 Å². The van der Waals surface area contributed by atoms with Crippen molar-refractivity contribution in [3.63, 3.8) is 0 Å². The maximum Gasteiger partial charge on any atom is 0.344 e. The second kappa shape index (κ2) is 8.94. The SMILES string of the molecule is CC.CC.Cc1ccccc1-c1c(C)c2ccccc2oc1=O. The Balaban J connectivity index is 0.000000615. The van der Waals surface area contributed by atoms with E-state index < -0.39 is 0 Å². The van der Waals surface area contributed by atoms with Crippen LogP contribution in [0.3, 0.4) is 0 Å². The molecule has 2 heteroatoms. The second-order valence-corrected chi connectivity index (χ2v) is 4.70. The second-order valence-electron chi connectivity index (χ2n) is 4.70. The molecule has 0 aliphatic rings. The van der Waals surface area contributed by atoms with Gasteiger partial charge < -0.3 is 4.42 Å². The van der Waals surface area contributed by atoms with E-state index in [2.05, 4.69) is 0 Å². The van der Waals surface area contributed by atoms with E-state index in [0.29, 0.717) is 11.1 Å². The van der Waals surface area contributed by atoms with E-state index in [-0.39, 0.29) is 5.63 Å². The Morgan fingerprint density at radius 1 is 0.783 bits per heavy atom. The maximum absolute atomic E-state index is 12.2. The van der Waals surface area contributed by atoms with E-state index in [9.17, 15) is 4.79 Å². The van der Waals surface area contributed by atoms with E-state index in [1.165, 1.54) is 0 Å². The van der Waals surface area contributed by atoms with Gasteiger partial charge in [-0.3, -0.25) is 0 Å². The Kier molecular flexibility index (Phi) is 7.27. The predicted molar refractivity (Wildman–Crippen MR) is 100 cm³/mol. The molecule has 1 aromatic heterocycles. The van der Waals surface area contributed by atoms with Gasteiger partial charge in [-0.25, -0.2) is 4.79 Å². The van der Waals surface area contributed by atoms with Crippen molar-refractivity contribution < 1.29 is 4.42 Å². The fourth-order valence-corrected chi connectivity index (χ4v) is 2.47. The van der Waals surface area contributed by atoms with Crippen molar-refractivity contribution in [1.82, 2.24) is 0 Å². The number of hydrogen-bond donors (Lipinski definition) is 0. The first-order valence-electron chi connectivity index (χ1n) is 8.27. The number of rotatable bonds is 1. The molecule has 122 valence electrons. The highest BCUT2D eigenvalue weighted by Gasteiger charge is 2.14. The summed E-state index contributed by atoms with van der Waals surface area (Å²) in [6.07, 6.45) is 0. The number of benzene rings is 2. The first kappa shape index (κ1) is 18.7. The summed E-state index contributed by atoms with van der Waals surface area (Å²) in [6.45, 7) is 12.0. The van der Waals surface area contributed by atoms with Crippen LogP contribution in [0, 0.1) is 13.8 Å². The zero-order chi connectivity index (χ0) is 17.4. The molecule has 0 unspecified atom stereocenters. The van der Waals surface area contributed by atoms with Crippen molar-refractivity contribution in [2.75, 3.05) is 0 Å². The van der Waals surface area contributed by atoms with E-state index in [1.54, 1.807) is 0 Å². The van der Waals surface area contributed by atoms with E-state index in [4.69, 9.17) is 4.42 Å². The third-order valence-electron chi connectivity index (χ3n) is 3.49. The van der Waals surface area contributed by atoms with Gasteiger partial charge >= 0.3 is 5.63 Å².